The maximum Gasteiger partial charge on any atom is 0.335 e. The smallest absolute Gasteiger partial charge is 0.335 e. The minimum Gasteiger partial charge on any atom is -0.378 e. The number of nitrogen functional groups attached to an aromatic ring is 1. The second-order valence-corrected chi connectivity index (χ2v) is 8.55. The summed E-state index contributed by atoms with van der Waals surface area (Å²) in [5.41, 5.74) is 7.41. The van der Waals surface area contributed by atoms with Crippen LogP contribution in [0.4, 0.5) is 17.2 Å². The summed E-state index contributed by atoms with van der Waals surface area (Å²) in [6, 6.07) is 0.379. The topological polar surface area (TPSA) is 91.8 Å². The van der Waals surface area contributed by atoms with Gasteiger partial charge >= 0.3 is 5.69 Å². The Hall–Kier alpha value is -1.71. The van der Waals surface area contributed by atoms with Gasteiger partial charge in [0.15, 0.2) is 0 Å². The van der Waals surface area contributed by atoms with Crippen LogP contribution in [0.5, 0.6) is 0 Å². The molecule has 2 aliphatic heterocycles. The lowest BCUT2D eigenvalue weighted by Crippen LogP contribution is -2.52. The van der Waals surface area contributed by atoms with E-state index in [2.05, 4.69) is 44.2 Å². The highest BCUT2D eigenvalue weighted by Gasteiger charge is 2.31. The summed E-state index contributed by atoms with van der Waals surface area (Å²) in [4.78, 5) is 22.0. The molecule has 9 heteroatoms. The van der Waals surface area contributed by atoms with Gasteiger partial charge in [0.05, 0.1) is 9.40 Å². The SMILES string of the molecule is C=C(C)C(CN1CCN(c2c(Br)cnc(N)c2[N+](=O)[O-])CC1)N1CCCCC1. The van der Waals surface area contributed by atoms with Gasteiger partial charge in [-0.2, -0.15) is 0 Å². The van der Waals surface area contributed by atoms with E-state index in [1.165, 1.54) is 31.0 Å². The number of nitrogens with two attached hydrogens (primary N) is 1. The second kappa shape index (κ2) is 9.19. The molecule has 154 valence electrons. The Labute approximate surface area is 174 Å². The monoisotopic (exact) mass is 452 g/mol. The van der Waals surface area contributed by atoms with Crippen LogP contribution in [0.3, 0.4) is 0 Å². The first-order valence-electron chi connectivity index (χ1n) is 9.83. The van der Waals surface area contributed by atoms with Crippen molar-refractivity contribution in [2.24, 2.45) is 0 Å². The van der Waals surface area contributed by atoms with Gasteiger partial charge in [-0.3, -0.25) is 19.9 Å². The van der Waals surface area contributed by atoms with E-state index in [0.29, 0.717) is 29.3 Å². The lowest BCUT2D eigenvalue weighted by molar-refractivity contribution is -0.383. The summed E-state index contributed by atoms with van der Waals surface area (Å²) in [5.74, 6) is -0.0434. The van der Waals surface area contributed by atoms with Crippen molar-refractivity contribution in [1.82, 2.24) is 14.8 Å². The van der Waals surface area contributed by atoms with E-state index >= 15 is 0 Å². The molecule has 8 nitrogen and oxygen atoms in total. The number of piperidine rings is 1. The molecule has 1 unspecified atom stereocenters. The number of halogens is 1. The third kappa shape index (κ3) is 4.64. The highest BCUT2D eigenvalue weighted by Crippen LogP contribution is 2.39. The van der Waals surface area contributed by atoms with Crippen molar-refractivity contribution in [2.75, 3.05) is 56.4 Å². The molecular weight excluding hydrogens is 424 g/mol. The molecule has 0 aliphatic carbocycles. The van der Waals surface area contributed by atoms with Crippen molar-refractivity contribution in [3.05, 3.63) is 32.9 Å². The molecule has 1 atom stereocenters. The normalized spacial score (nSPS) is 20.1. The van der Waals surface area contributed by atoms with Crippen molar-refractivity contribution in [3.63, 3.8) is 0 Å². The minimum absolute atomic E-state index is 0.0434. The lowest BCUT2D eigenvalue weighted by atomic mass is 10.0. The average molecular weight is 453 g/mol. The Bertz CT molecular complexity index is 729. The molecule has 1 aromatic rings. The fourth-order valence-corrected chi connectivity index (χ4v) is 4.72. The van der Waals surface area contributed by atoms with Gasteiger partial charge in [0.2, 0.25) is 5.82 Å². The molecular formula is C19H29BrN6O2. The summed E-state index contributed by atoms with van der Waals surface area (Å²) in [6.45, 7) is 12.7. The Morgan fingerprint density at radius 3 is 2.50 bits per heavy atom. The van der Waals surface area contributed by atoms with Crippen LogP contribution >= 0.6 is 15.9 Å². The standard InChI is InChI=1S/C19H29BrN6O2/c1-14(2)16(24-6-4-3-5-7-24)13-23-8-10-25(11-9-23)17-15(20)12-22-19(21)18(17)26(27)28/h12,16H,1,3-11,13H2,2H3,(H2,21,22). The molecule has 0 radical (unpaired) electrons. The molecule has 2 saturated heterocycles. The maximum absolute atomic E-state index is 11.5. The fourth-order valence-electron chi connectivity index (χ4n) is 4.18. The Balaban J connectivity index is 1.67. The van der Waals surface area contributed by atoms with Crippen LogP contribution in [-0.2, 0) is 0 Å². The molecule has 1 aromatic heterocycles. The number of hydrogen-bond donors (Lipinski definition) is 1. The number of nitro groups is 1. The summed E-state index contributed by atoms with van der Waals surface area (Å²) in [6.07, 6.45) is 5.38. The summed E-state index contributed by atoms with van der Waals surface area (Å²) < 4.78 is 0.606. The zero-order chi connectivity index (χ0) is 20.3. The zero-order valence-corrected chi connectivity index (χ0v) is 18.0. The Kier molecular flexibility index (Phi) is 6.90. The van der Waals surface area contributed by atoms with E-state index < -0.39 is 4.92 Å². The van der Waals surface area contributed by atoms with Crippen molar-refractivity contribution in [2.45, 2.75) is 32.2 Å². The molecule has 3 rings (SSSR count). The molecule has 3 heterocycles. The molecule has 0 spiro atoms. The van der Waals surface area contributed by atoms with Crippen LogP contribution < -0.4 is 10.6 Å². The molecule has 2 fully saturated rings. The molecule has 28 heavy (non-hydrogen) atoms. The quantitative estimate of drug-likeness (QED) is 0.402. The van der Waals surface area contributed by atoms with Gasteiger partial charge in [0.25, 0.3) is 0 Å². The third-order valence-electron chi connectivity index (χ3n) is 5.71. The Morgan fingerprint density at radius 2 is 1.93 bits per heavy atom. The molecule has 0 aromatic carbocycles. The average Bonchev–Trinajstić information content (AvgIpc) is 2.68. The van der Waals surface area contributed by atoms with E-state index in [1.807, 2.05) is 4.90 Å². The van der Waals surface area contributed by atoms with Gasteiger partial charge < -0.3 is 10.6 Å². The number of piperazine rings is 1. The van der Waals surface area contributed by atoms with E-state index in [9.17, 15) is 10.1 Å². The molecule has 0 amide bonds. The Morgan fingerprint density at radius 1 is 1.29 bits per heavy atom. The molecule has 0 saturated carbocycles. The molecule has 2 N–H and O–H groups in total. The number of pyridine rings is 1. The zero-order valence-electron chi connectivity index (χ0n) is 16.4. The fraction of sp³-hybridized carbons (Fsp3) is 0.632. The number of nitrogens with zero attached hydrogens (tertiary/aromatic N) is 5. The van der Waals surface area contributed by atoms with Crippen LogP contribution in [0, 0.1) is 10.1 Å². The predicted molar refractivity (Wildman–Crippen MR) is 116 cm³/mol. The molecule has 2 aliphatic rings. The van der Waals surface area contributed by atoms with E-state index in [1.54, 1.807) is 0 Å². The first kappa shape index (κ1) is 21.0. The second-order valence-electron chi connectivity index (χ2n) is 7.69. The number of hydrogen-bond acceptors (Lipinski definition) is 7. The number of likely N-dealkylation sites (tertiary alicyclic amines) is 1. The largest absolute Gasteiger partial charge is 0.378 e. The lowest BCUT2D eigenvalue weighted by Gasteiger charge is -2.41. The van der Waals surface area contributed by atoms with Gasteiger partial charge in [-0.1, -0.05) is 18.6 Å². The number of aromatic nitrogens is 1. The van der Waals surface area contributed by atoms with Crippen molar-refractivity contribution >= 4 is 33.1 Å². The highest BCUT2D eigenvalue weighted by molar-refractivity contribution is 9.10. The van der Waals surface area contributed by atoms with E-state index in [0.717, 1.165) is 32.7 Å². The predicted octanol–water partition coefficient (Wildman–Crippen LogP) is 2.89. The van der Waals surface area contributed by atoms with E-state index in [-0.39, 0.29) is 11.5 Å². The van der Waals surface area contributed by atoms with Crippen molar-refractivity contribution < 1.29 is 4.92 Å². The first-order chi connectivity index (χ1) is 13.4. The maximum atomic E-state index is 11.5. The van der Waals surface area contributed by atoms with Gasteiger partial charge in [0, 0.05) is 45.0 Å². The van der Waals surface area contributed by atoms with Crippen LogP contribution in [0.2, 0.25) is 0 Å². The van der Waals surface area contributed by atoms with Gasteiger partial charge in [-0.25, -0.2) is 4.98 Å². The minimum atomic E-state index is -0.442. The third-order valence-corrected chi connectivity index (χ3v) is 6.29. The highest BCUT2D eigenvalue weighted by atomic mass is 79.9. The van der Waals surface area contributed by atoms with Crippen molar-refractivity contribution in [3.8, 4) is 0 Å². The first-order valence-corrected chi connectivity index (χ1v) is 10.6. The van der Waals surface area contributed by atoms with Gasteiger partial charge in [-0.05, 0) is 48.8 Å². The van der Waals surface area contributed by atoms with Crippen LogP contribution in [0.25, 0.3) is 0 Å². The summed E-state index contributed by atoms with van der Waals surface area (Å²) >= 11 is 3.42. The van der Waals surface area contributed by atoms with Crippen LogP contribution in [0.1, 0.15) is 26.2 Å². The van der Waals surface area contributed by atoms with Gasteiger partial charge in [0.1, 0.15) is 5.69 Å². The number of rotatable bonds is 6. The van der Waals surface area contributed by atoms with E-state index in [4.69, 9.17) is 5.73 Å². The van der Waals surface area contributed by atoms with Crippen molar-refractivity contribution in [1.29, 1.82) is 0 Å². The number of anilines is 2. The summed E-state index contributed by atoms with van der Waals surface area (Å²) in [7, 11) is 0. The van der Waals surface area contributed by atoms with Crippen LogP contribution in [0.15, 0.2) is 22.8 Å². The van der Waals surface area contributed by atoms with Crippen LogP contribution in [-0.4, -0.2) is 71.6 Å². The molecule has 0 bridgehead atoms. The van der Waals surface area contributed by atoms with Gasteiger partial charge in [-0.15, -0.1) is 0 Å². The summed E-state index contributed by atoms with van der Waals surface area (Å²) in [5, 5.41) is 11.5.